The second-order valence-electron chi connectivity index (χ2n) is 5.43. The van der Waals surface area contributed by atoms with Crippen molar-refractivity contribution in [3.8, 4) is 0 Å². The Morgan fingerprint density at radius 2 is 2.05 bits per heavy atom. The van der Waals surface area contributed by atoms with Crippen molar-refractivity contribution in [2.45, 2.75) is 30.2 Å². The molecule has 0 bridgehead atoms. The molecule has 3 rings (SSSR count). The lowest BCUT2D eigenvalue weighted by molar-refractivity contribution is 0.417. The summed E-state index contributed by atoms with van der Waals surface area (Å²) in [5, 5.41) is 3.45. The minimum Gasteiger partial charge on any atom is -0.309 e. The van der Waals surface area contributed by atoms with Crippen molar-refractivity contribution in [2.75, 3.05) is 12.3 Å². The van der Waals surface area contributed by atoms with Gasteiger partial charge in [0.2, 0.25) is 0 Å². The molecule has 0 aromatic heterocycles. The summed E-state index contributed by atoms with van der Waals surface area (Å²) in [5.41, 5.74) is 0.939. The minimum absolute atomic E-state index is 0.0351. The van der Waals surface area contributed by atoms with E-state index in [0.717, 1.165) is 24.9 Å². The monoisotopic (exact) mass is 277 g/mol. The predicted molar refractivity (Wildman–Crippen MR) is 75.7 cm³/mol. The maximum atomic E-state index is 12.1. The van der Waals surface area contributed by atoms with Gasteiger partial charge in [0.1, 0.15) is 0 Å². The topological polar surface area (TPSA) is 46.2 Å². The quantitative estimate of drug-likeness (QED) is 0.863. The molecule has 1 aliphatic heterocycles. The molecular formula is C15H19NO2S. The fraction of sp³-hybridized carbons (Fsp3) is 0.467. The van der Waals surface area contributed by atoms with Crippen LogP contribution < -0.4 is 5.32 Å². The normalized spacial score (nSPS) is 28.2. The molecule has 3 nitrogen and oxygen atoms in total. The molecule has 1 aliphatic carbocycles. The van der Waals surface area contributed by atoms with Gasteiger partial charge in [0.05, 0.1) is 10.6 Å². The number of sulfone groups is 1. The van der Waals surface area contributed by atoms with Crippen LogP contribution in [-0.4, -0.2) is 20.7 Å². The van der Waals surface area contributed by atoms with Crippen LogP contribution >= 0.6 is 0 Å². The molecule has 2 unspecified atom stereocenters. The summed E-state index contributed by atoms with van der Waals surface area (Å²) in [6.45, 7) is 0.902. The molecule has 1 aromatic rings. The third kappa shape index (κ3) is 2.60. The summed E-state index contributed by atoms with van der Waals surface area (Å²) in [6.07, 6.45) is 7.91. The van der Waals surface area contributed by atoms with Crippen LogP contribution in [0, 0.1) is 5.92 Å². The van der Waals surface area contributed by atoms with Gasteiger partial charge in [0.25, 0.3) is 0 Å². The Balaban J connectivity index is 1.71. The molecule has 4 heteroatoms. The van der Waals surface area contributed by atoms with E-state index in [9.17, 15) is 8.42 Å². The van der Waals surface area contributed by atoms with Gasteiger partial charge in [-0.05, 0) is 43.4 Å². The fourth-order valence-electron chi connectivity index (χ4n) is 2.97. The Morgan fingerprint density at radius 1 is 1.21 bits per heavy atom. The van der Waals surface area contributed by atoms with E-state index in [0.29, 0.717) is 10.8 Å². The number of benzene rings is 1. The van der Waals surface area contributed by atoms with Crippen LogP contribution in [0.5, 0.6) is 0 Å². The van der Waals surface area contributed by atoms with Crippen molar-refractivity contribution < 1.29 is 8.42 Å². The van der Waals surface area contributed by atoms with Gasteiger partial charge in [0, 0.05) is 6.04 Å². The zero-order valence-electron chi connectivity index (χ0n) is 10.9. The Labute approximate surface area is 114 Å². The number of allylic oxidation sites excluding steroid dienone is 2. The van der Waals surface area contributed by atoms with Crippen LogP contribution in [0.25, 0.3) is 0 Å². The fourth-order valence-corrected chi connectivity index (χ4v) is 4.74. The summed E-state index contributed by atoms with van der Waals surface area (Å²) < 4.78 is 24.1. The van der Waals surface area contributed by atoms with Crippen molar-refractivity contribution in [3.05, 3.63) is 42.0 Å². The Bertz CT molecular complexity index is 592. The molecule has 102 valence electrons. The molecule has 1 aromatic carbocycles. The highest BCUT2D eigenvalue weighted by molar-refractivity contribution is 7.91. The number of nitrogens with one attached hydrogen (secondary N) is 1. The molecule has 2 aliphatic rings. The highest BCUT2D eigenvalue weighted by atomic mass is 32.2. The molecule has 1 N–H and O–H groups in total. The van der Waals surface area contributed by atoms with Crippen LogP contribution in [0.2, 0.25) is 0 Å². The molecule has 0 fully saturated rings. The van der Waals surface area contributed by atoms with E-state index in [4.69, 9.17) is 0 Å². The molecule has 0 saturated carbocycles. The van der Waals surface area contributed by atoms with Crippen LogP contribution in [0.3, 0.4) is 0 Å². The first-order chi connectivity index (χ1) is 9.17. The molecule has 2 atom stereocenters. The summed E-state index contributed by atoms with van der Waals surface area (Å²) >= 11 is 0. The Morgan fingerprint density at radius 3 is 2.84 bits per heavy atom. The average molecular weight is 277 g/mol. The molecule has 0 radical (unpaired) electrons. The highest BCUT2D eigenvalue weighted by Crippen LogP contribution is 2.33. The van der Waals surface area contributed by atoms with Gasteiger partial charge in [-0.1, -0.05) is 30.4 Å². The lowest BCUT2D eigenvalue weighted by Crippen LogP contribution is -2.28. The lowest BCUT2D eigenvalue weighted by atomic mass is 9.94. The van der Waals surface area contributed by atoms with Crippen molar-refractivity contribution >= 4 is 9.84 Å². The van der Waals surface area contributed by atoms with Crippen molar-refractivity contribution in [3.63, 3.8) is 0 Å². The van der Waals surface area contributed by atoms with Gasteiger partial charge in [-0.25, -0.2) is 8.42 Å². The van der Waals surface area contributed by atoms with Crippen molar-refractivity contribution in [1.82, 2.24) is 5.32 Å². The van der Waals surface area contributed by atoms with Gasteiger partial charge in [-0.2, -0.15) is 0 Å². The first-order valence-corrected chi connectivity index (χ1v) is 8.52. The van der Waals surface area contributed by atoms with E-state index in [2.05, 4.69) is 17.5 Å². The van der Waals surface area contributed by atoms with Crippen LogP contribution in [0.15, 0.2) is 41.3 Å². The van der Waals surface area contributed by atoms with E-state index >= 15 is 0 Å². The summed E-state index contributed by atoms with van der Waals surface area (Å²) in [5.74, 6) is 0.843. The summed E-state index contributed by atoms with van der Waals surface area (Å²) in [6, 6.07) is 7.32. The van der Waals surface area contributed by atoms with Crippen LogP contribution in [0.1, 0.15) is 30.9 Å². The Hall–Kier alpha value is -1.13. The molecule has 0 saturated heterocycles. The molecular weight excluding hydrogens is 258 g/mol. The zero-order chi connectivity index (χ0) is 13.3. The maximum Gasteiger partial charge on any atom is 0.180 e. The first kappa shape index (κ1) is 12.9. The number of rotatable bonds is 3. The van der Waals surface area contributed by atoms with E-state index in [1.807, 2.05) is 12.1 Å². The maximum absolute atomic E-state index is 12.1. The number of hydrogen-bond donors (Lipinski definition) is 1. The average Bonchev–Trinajstić information content (AvgIpc) is 2.70. The van der Waals surface area contributed by atoms with Gasteiger partial charge < -0.3 is 5.32 Å². The van der Waals surface area contributed by atoms with Crippen LogP contribution in [-0.2, 0) is 9.84 Å². The van der Waals surface area contributed by atoms with Gasteiger partial charge in [-0.15, -0.1) is 0 Å². The summed E-state index contributed by atoms with van der Waals surface area (Å²) in [4.78, 5) is 0.510. The second kappa shape index (κ2) is 5.10. The van der Waals surface area contributed by atoms with Gasteiger partial charge in [0.15, 0.2) is 9.84 Å². The van der Waals surface area contributed by atoms with E-state index in [1.54, 1.807) is 12.1 Å². The van der Waals surface area contributed by atoms with Gasteiger partial charge >= 0.3 is 0 Å². The standard InChI is InChI=1S/C15H19NO2S/c17-19(18)11-14(13-8-4-5-9-15(13)19)16-10-12-6-2-1-3-7-12/h1-2,4-5,8-9,12,14,16H,3,6-7,10-11H2. The lowest BCUT2D eigenvalue weighted by Gasteiger charge is -2.21. The van der Waals surface area contributed by atoms with Crippen LogP contribution in [0.4, 0.5) is 0 Å². The number of hydrogen-bond acceptors (Lipinski definition) is 3. The SMILES string of the molecule is O=S1(=O)CC(NCC2CC=CCC2)c2ccccc21. The largest absolute Gasteiger partial charge is 0.309 e. The third-order valence-electron chi connectivity index (χ3n) is 4.05. The Kier molecular flexibility index (Phi) is 3.46. The highest BCUT2D eigenvalue weighted by Gasteiger charge is 2.34. The summed E-state index contributed by atoms with van der Waals surface area (Å²) in [7, 11) is -3.08. The smallest absolute Gasteiger partial charge is 0.180 e. The first-order valence-electron chi connectivity index (χ1n) is 6.87. The zero-order valence-corrected chi connectivity index (χ0v) is 11.7. The van der Waals surface area contributed by atoms with E-state index in [-0.39, 0.29) is 11.8 Å². The van der Waals surface area contributed by atoms with Crippen molar-refractivity contribution in [1.29, 1.82) is 0 Å². The van der Waals surface area contributed by atoms with E-state index in [1.165, 1.54) is 6.42 Å². The molecule has 0 spiro atoms. The minimum atomic E-state index is -3.08. The predicted octanol–water partition coefficient (Wildman–Crippen LogP) is 2.46. The number of fused-ring (bicyclic) bond motifs is 1. The van der Waals surface area contributed by atoms with E-state index < -0.39 is 9.84 Å². The molecule has 0 amide bonds. The second-order valence-corrected chi connectivity index (χ2v) is 7.43. The molecule has 1 heterocycles. The molecule has 19 heavy (non-hydrogen) atoms. The van der Waals surface area contributed by atoms with Crippen molar-refractivity contribution in [2.24, 2.45) is 5.92 Å². The third-order valence-corrected chi connectivity index (χ3v) is 5.86. The van der Waals surface area contributed by atoms with Gasteiger partial charge in [-0.3, -0.25) is 0 Å².